The minimum Gasteiger partial charge on any atom is -0.350 e. The van der Waals surface area contributed by atoms with E-state index in [1.807, 2.05) is 49.1 Å². The molecule has 9 heteroatoms. The molecule has 0 N–H and O–H groups in total. The molecule has 5 rings (SSSR count). The SMILES string of the molecule is Cc1cc(C)n2nc(SCc3ccccc3C(=O)N3CCC(C4OCCO4)CC3)nc2n1. The number of nitrogens with zero attached hydrogens (tertiary/aromatic N) is 5. The van der Waals surface area contributed by atoms with E-state index in [9.17, 15) is 4.79 Å². The van der Waals surface area contributed by atoms with Gasteiger partial charge in [0.1, 0.15) is 0 Å². The van der Waals surface area contributed by atoms with Crippen molar-refractivity contribution in [3.05, 3.63) is 52.8 Å². The smallest absolute Gasteiger partial charge is 0.254 e. The number of likely N-dealkylation sites (tertiary alicyclic amines) is 1. The van der Waals surface area contributed by atoms with Crippen LogP contribution in [0.4, 0.5) is 0 Å². The molecule has 0 saturated carbocycles. The van der Waals surface area contributed by atoms with Crippen molar-refractivity contribution in [2.75, 3.05) is 26.3 Å². The number of benzene rings is 1. The third-order valence-corrected chi connectivity index (χ3v) is 6.95. The van der Waals surface area contributed by atoms with Crippen molar-refractivity contribution in [2.24, 2.45) is 5.92 Å². The van der Waals surface area contributed by atoms with Gasteiger partial charge in [-0.3, -0.25) is 4.79 Å². The van der Waals surface area contributed by atoms with Gasteiger partial charge >= 0.3 is 0 Å². The number of piperidine rings is 1. The molecule has 0 bridgehead atoms. The molecule has 2 aliphatic heterocycles. The van der Waals surface area contributed by atoms with Crippen LogP contribution in [0.15, 0.2) is 35.5 Å². The maximum atomic E-state index is 13.3. The molecule has 4 heterocycles. The highest BCUT2D eigenvalue weighted by Crippen LogP contribution is 2.28. The van der Waals surface area contributed by atoms with Crippen molar-refractivity contribution in [1.29, 1.82) is 0 Å². The van der Waals surface area contributed by atoms with Gasteiger partial charge in [-0.05, 0) is 44.4 Å². The number of hydrogen-bond acceptors (Lipinski definition) is 7. The largest absolute Gasteiger partial charge is 0.350 e. The molecule has 2 aliphatic rings. The fourth-order valence-corrected chi connectivity index (χ4v) is 5.22. The molecule has 1 amide bonds. The predicted molar refractivity (Wildman–Crippen MR) is 121 cm³/mol. The summed E-state index contributed by atoms with van der Waals surface area (Å²) in [6.07, 6.45) is 1.71. The molecular weight excluding hydrogens is 426 g/mol. The molecule has 0 unspecified atom stereocenters. The summed E-state index contributed by atoms with van der Waals surface area (Å²) >= 11 is 1.52. The summed E-state index contributed by atoms with van der Waals surface area (Å²) in [5.41, 5.74) is 3.66. The number of thioether (sulfide) groups is 1. The number of amides is 1. The monoisotopic (exact) mass is 453 g/mol. The molecule has 0 aliphatic carbocycles. The second-order valence-corrected chi connectivity index (χ2v) is 9.27. The Kier molecular flexibility index (Phi) is 6.12. The third kappa shape index (κ3) is 4.37. The highest BCUT2D eigenvalue weighted by atomic mass is 32.2. The van der Waals surface area contributed by atoms with E-state index in [1.165, 1.54) is 11.8 Å². The predicted octanol–water partition coefficient (Wildman–Crippen LogP) is 3.26. The van der Waals surface area contributed by atoms with Crippen LogP contribution in [0.2, 0.25) is 0 Å². The zero-order valence-electron chi connectivity index (χ0n) is 18.4. The molecule has 8 nitrogen and oxygen atoms in total. The molecule has 32 heavy (non-hydrogen) atoms. The summed E-state index contributed by atoms with van der Waals surface area (Å²) in [7, 11) is 0. The Bertz CT molecular complexity index is 1120. The Labute approximate surface area is 191 Å². The lowest BCUT2D eigenvalue weighted by Gasteiger charge is -2.34. The van der Waals surface area contributed by atoms with Gasteiger partial charge in [-0.25, -0.2) is 9.50 Å². The molecule has 168 valence electrons. The fourth-order valence-electron chi connectivity index (χ4n) is 4.40. The van der Waals surface area contributed by atoms with Gasteiger partial charge < -0.3 is 14.4 Å². The summed E-state index contributed by atoms with van der Waals surface area (Å²) in [4.78, 5) is 24.2. The lowest BCUT2D eigenvalue weighted by atomic mass is 9.95. The first-order valence-corrected chi connectivity index (χ1v) is 12.0. The van der Waals surface area contributed by atoms with Crippen LogP contribution in [0.1, 0.15) is 40.2 Å². The number of fused-ring (bicyclic) bond motifs is 1. The van der Waals surface area contributed by atoms with Crippen LogP contribution in [0.3, 0.4) is 0 Å². The topological polar surface area (TPSA) is 81.9 Å². The molecule has 2 saturated heterocycles. The maximum absolute atomic E-state index is 13.3. The Morgan fingerprint density at radius 3 is 2.66 bits per heavy atom. The lowest BCUT2D eigenvalue weighted by Crippen LogP contribution is -2.41. The minimum atomic E-state index is -0.101. The first kappa shape index (κ1) is 21.4. The number of rotatable bonds is 5. The molecule has 2 aromatic heterocycles. The van der Waals surface area contributed by atoms with Crippen LogP contribution >= 0.6 is 11.8 Å². The Balaban J connectivity index is 1.26. The average molecular weight is 454 g/mol. The molecular formula is C23H27N5O3S. The number of hydrogen-bond donors (Lipinski definition) is 0. The quantitative estimate of drug-likeness (QED) is 0.549. The summed E-state index contributed by atoms with van der Waals surface area (Å²) in [6.45, 7) is 6.75. The van der Waals surface area contributed by atoms with E-state index in [-0.39, 0.29) is 12.2 Å². The summed E-state index contributed by atoms with van der Waals surface area (Å²) in [5, 5.41) is 5.22. The first-order valence-electron chi connectivity index (χ1n) is 11.0. The highest BCUT2D eigenvalue weighted by Gasteiger charge is 2.32. The lowest BCUT2D eigenvalue weighted by molar-refractivity contribution is -0.0956. The molecule has 0 atom stereocenters. The van der Waals surface area contributed by atoms with Gasteiger partial charge in [0.15, 0.2) is 6.29 Å². The number of carbonyl (C=O) groups excluding carboxylic acids is 1. The highest BCUT2D eigenvalue weighted by molar-refractivity contribution is 7.98. The summed E-state index contributed by atoms with van der Waals surface area (Å²) in [6, 6.07) is 9.81. The van der Waals surface area contributed by atoms with E-state index >= 15 is 0 Å². The van der Waals surface area contributed by atoms with E-state index in [4.69, 9.17) is 9.47 Å². The summed E-state index contributed by atoms with van der Waals surface area (Å²) in [5.74, 6) is 1.68. The van der Waals surface area contributed by atoms with E-state index in [0.29, 0.717) is 35.8 Å². The fraction of sp³-hybridized carbons (Fsp3) is 0.478. The van der Waals surface area contributed by atoms with Crippen LogP contribution in [-0.4, -0.2) is 63.0 Å². The number of carbonyl (C=O) groups is 1. The molecule has 0 radical (unpaired) electrons. The maximum Gasteiger partial charge on any atom is 0.254 e. The van der Waals surface area contributed by atoms with Gasteiger partial charge in [0.2, 0.25) is 5.16 Å². The van der Waals surface area contributed by atoms with E-state index < -0.39 is 0 Å². The van der Waals surface area contributed by atoms with Crippen molar-refractivity contribution >= 4 is 23.4 Å². The average Bonchev–Trinajstić information content (AvgIpc) is 3.48. The molecule has 1 aromatic carbocycles. The van der Waals surface area contributed by atoms with E-state index in [1.54, 1.807) is 4.52 Å². The van der Waals surface area contributed by atoms with Crippen molar-refractivity contribution in [2.45, 2.75) is 43.9 Å². The van der Waals surface area contributed by atoms with E-state index in [0.717, 1.165) is 48.4 Å². The Hall–Kier alpha value is -2.49. The van der Waals surface area contributed by atoms with Gasteiger partial charge in [-0.2, -0.15) is 4.98 Å². The number of ether oxygens (including phenoxy) is 2. The zero-order valence-corrected chi connectivity index (χ0v) is 19.2. The first-order chi connectivity index (χ1) is 15.6. The Morgan fingerprint density at radius 2 is 1.88 bits per heavy atom. The van der Waals surface area contributed by atoms with Gasteiger partial charge in [0.05, 0.1) is 13.2 Å². The van der Waals surface area contributed by atoms with Crippen molar-refractivity contribution in [3.8, 4) is 0 Å². The van der Waals surface area contributed by atoms with Gasteiger partial charge in [-0.1, -0.05) is 30.0 Å². The summed E-state index contributed by atoms with van der Waals surface area (Å²) < 4.78 is 13.1. The van der Waals surface area contributed by atoms with Gasteiger partial charge in [-0.15, -0.1) is 5.10 Å². The van der Waals surface area contributed by atoms with Crippen molar-refractivity contribution < 1.29 is 14.3 Å². The number of aromatic nitrogens is 4. The standard InChI is InChI=1S/C23H27N5O3S/c1-15-13-16(2)28-22(24-15)25-23(26-28)32-14-18-5-3-4-6-19(18)20(29)27-9-7-17(8-10-27)21-30-11-12-31-21/h3-6,13,17,21H,7-12,14H2,1-2H3. The van der Waals surface area contributed by atoms with Crippen LogP contribution in [0, 0.1) is 19.8 Å². The zero-order chi connectivity index (χ0) is 22.1. The Morgan fingerprint density at radius 1 is 1.12 bits per heavy atom. The van der Waals surface area contributed by atoms with Crippen LogP contribution in [0.5, 0.6) is 0 Å². The van der Waals surface area contributed by atoms with Gasteiger partial charge in [0.25, 0.3) is 11.7 Å². The number of aryl methyl sites for hydroxylation is 2. The van der Waals surface area contributed by atoms with E-state index in [2.05, 4.69) is 15.1 Å². The second kappa shape index (κ2) is 9.17. The van der Waals surface area contributed by atoms with Crippen LogP contribution < -0.4 is 0 Å². The normalized spacial score (nSPS) is 18.0. The molecule has 3 aromatic rings. The molecule has 0 spiro atoms. The van der Waals surface area contributed by atoms with Crippen molar-refractivity contribution in [3.63, 3.8) is 0 Å². The second-order valence-electron chi connectivity index (χ2n) is 8.33. The van der Waals surface area contributed by atoms with Crippen molar-refractivity contribution in [1.82, 2.24) is 24.5 Å². The van der Waals surface area contributed by atoms with Crippen LogP contribution in [0.25, 0.3) is 5.78 Å². The third-order valence-electron chi connectivity index (χ3n) is 6.06. The van der Waals surface area contributed by atoms with Gasteiger partial charge in [0, 0.05) is 41.7 Å². The minimum absolute atomic E-state index is 0.0870. The van der Waals surface area contributed by atoms with Crippen LogP contribution in [-0.2, 0) is 15.2 Å². The molecule has 2 fully saturated rings.